The van der Waals surface area contributed by atoms with Crippen LogP contribution >= 0.6 is 0 Å². The molecule has 1 saturated heterocycles. The van der Waals surface area contributed by atoms with Gasteiger partial charge in [0, 0.05) is 30.6 Å². The van der Waals surface area contributed by atoms with Crippen LogP contribution in [0.3, 0.4) is 0 Å². The standard InChI is InChI=1S/C18H21NO5/c1-2-23-18(22)12-4-3-7-19(10-12)11-13-8-17(21)24-16-9-14(20)5-6-15(13)16/h5-6,8-9,12,20H,2-4,7,10-11H2,1H3/t12-/m0/s1. The van der Waals surface area contributed by atoms with Gasteiger partial charge in [-0.3, -0.25) is 9.69 Å². The number of ether oxygens (including phenoxy) is 1. The van der Waals surface area contributed by atoms with Crippen molar-refractivity contribution in [2.24, 2.45) is 5.92 Å². The van der Waals surface area contributed by atoms with Crippen molar-refractivity contribution in [3.8, 4) is 5.75 Å². The van der Waals surface area contributed by atoms with Gasteiger partial charge in [0.15, 0.2) is 0 Å². The summed E-state index contributed by atoms with van der Waals surface area (Å²) in [4.78, 5) is 25.9. The molecule has 1 atom stereocenters. The molecule has 1 aliphatic rings. The van der Waals surface area contributed by atoms with E-state index in [1.54, 1.807) is 12.1 Å². The molecule has 1 aromatic carbocycles. The van der Waals surface area contributed by atoms with Gasteiger partial charge in [0.2, 0.25) is 0 Å². The topological polar surface area (TPSA) is 80.0 Å². The Balaban J connectivity index is 1.82. The molecule has 0 bridgehead atoms. The molecule has 0 amide bonds. The summed E-state index contributed by atoms with van der Waals surface area (Å²) in [5.74, 6) is -0.207. The monoisotopic (exact) mass is 331 g/mol. The van der Waals surface area contributed by atoms with Crippen molar-refractivity contribution in [3.05, 3.63) is 40.2 Å². The van der Waals surface area contributed by atoms with Crippen molar-refractivity contribution in [2.45, 2.75) is 26.3 Å². The molecule has 2 aromatic rings. The minimum atomic E-state index is -0.443. The normalized spacial score (nSPS) is 18.6. The molecule has 24 heavy (non-hydrogen) atoms. The van der Waals surface area contributed by atoms with E-state index < -0.39 is 5.63 Å². The Morgan fingerprint density at radius 1 is 1.42 bits per heavy atom. The van der Waals surface area contributed by atoms with Crippen molar-refractivity contribution < 1.29 is 19.1 Å². The van der Waals surface area contributed by atoms with Gasteiger partial charge in [-0.25, -0.2) is 4.79 Å². The largest absolute Gasteiger partial charge is 0.508 e. The quantitative estimate of drug-likeness (QED) is 0.684. The zero-order chi connectivity index (χ0) is 17.1. The Kier molecular flexibility index (Phi) is 4.85. The third kappa shape index (κ3) is 3.59. The van der Waals surface area contributed by atoms with Gasteiger partial charge in [0.25, 0.3) is 0 Å². The molecule has 1 aromatic heterocycles. The number of rotatable bonds is 4. The maximum Gasteiger partial charge on any atom is 0.336 e. The van der Waals surface area contributed by atoms with E-state index >= 15 is 0 Å². The lowest BCUT2D eigenvalue weighted by molar-refractivity contribution is -0.150. The first kappa shape index (κ1) is 16.5. The smallest absolute Gasteiger partial charge is 0.336 e. The summed E-state index contributed by atoms with van der Waals surface area (Å²) in [6, 6.07) is 6.24. The van der Waals surface area contributed by atoms with Crippen LogP contribution in [0.5, 0.6) is 5.75 Å². The van der Waals surface area contributed by atoms with E-state index in [-0.39, 0.29) is 17.6 Å². The van der Waals surface area contributed by atoms with E-state index in [0.29, 0.717) is 25.3 Å². The number of carbonyl (C=O) groups is 1. The summed E-state index contributed by atoms with van der Waals surface area (Å²) in [7, 11) is 0. The maximum atomic E-state index is 12.0. The molecule has 0 radical (unpaired) electrons. The van der Waals surface area contributed by atoms with E-state index in [1.165, 1.54) is 12.1 Å². The van der Waals surface area contributed by atoms with Crippen LogP contribution < -0.4 is 5.63 Å². The van der Waals surface area contributed by atoms with Gasteiger partial charge in [-0.1, -0.05) is 0 Å². The highest BCUT2D eigenvalue weighted by Crippen LogP contribution is 2.25. The summed E-state index contributed by atoms with van der Waals surface area (Å²) in [5, 5.41) is 10.4. The number of nitrogens with zero attached hydrogens (tertiary/aromatic N) is 1. The molecule has 1 fully saturated rings. The minimum Gasteiger partial charge on any atom is -0.508 e. The average Bonchev–Trinajstić information content (AvgIpc) is 2.54. The molecule has 0 spiro atoms. The van der Waals surface area contributed by atoms with Gasteiger partial charge in [-0.05, 0) is 44.0 Å². The Morgan fingerprint density at radius 2 is 2.25 bits per heavy atom. The van der Waals surface area contributed by atoms with Crippen LogP contribution in [0.25, 0.3) is 11.0 Å². The molecule has 3 rings (SSSR count). The summed E-state index contributed by atoms with van der Waals surface area (Å²) in [5.41, 5.74) is 0.768. The summed E-state index contributed by atoms with van der Waals surface area (Å²) >= 11 is 0. The van der Waals surface area contributed by atoms with Crippen molar-refractivity contribution in [2.75, 3.05) is 19.7 Å². The number of piperidine rings is 1. The van der Waals surface area contributed by atoms with Gasteiger partial charge in [-0.2, -0.15) is 0 Å². The number of hydrogen-bond donors (Lipinski definition) is 1. The van der Waals surface area contributed by atoms with E-state index in [1.807, 2.05) is 6.92 Å². The number of fused-ring (bicyclic) bond motifs is 1. The third-order valence-electron chi connectivity index (χ3n) is 4.33. The average molecular weight is 331 g/mol. The van der Waals surface area contributed by atoms with Crippen LogP contribution in [0, 0.1) is 5.92 Å². The first-order valence-corrected chi connectivity index (χ1v) is 8.21. The number of phenols is 1. The number of aromatic hydroxyl groups is 1. The summed E-state index contributed by atoms with van der Waals surface area (Å²) in [6.45, 7) is 4.25. The van der Waals surface area contributed by atoms with Gasteiger partial charge < -0.3 is 14.3 Å². The molecule has 2 heterocycles. The van der Waals surface area contributed by atoms with Gasteiger partial charge in [-0.15, -0.1) is 0 Å². The highest BCUT2D eigenvalue weighted by Gasteiger charge is 2.27. The van der Waals surface area contributed by atoms with Gasteiger partial charge >= 0.3 is 11.6 Å². The Labute approximate surface area is 139 Å². The molecule has 0 aliphatic carbocycles. The van der Waals surface area contributed by atoms with E-state index in [0.717, 1.165) is 30.3 Å². The number of phenolic OH excluding ortho intramolecular Hbond substituents is 1. The molecule has 1 aliphatic heterocycles. The highest BCUT2D eigenvalue weighted by molar-refractivity contribution is 5.81. The summed E-state index contributed by atoms with van der Waals surface area (Å²) < 4.78 is 10.3. The lowest BCUT2D eigenvalue weighted by atomic mass is 9.97. The molecule has 0 unspecified atom stereocenters. The van der Waals surface area contributed by atoms with Crippen molar-refractivity contribution in [1.29, 1.82) is 0 Å². The zero-order valence-corrected chi connectivity index (χ0v) is 13.7. The lowest BCUT2D eigenvalue weighted by Crippen LogP contribution is -2.39. The predicted octanol–water partition coefficient (Wildman–Crippen LogP) is 2.27. The second kappa shape index (κ2) is 7.05. The molecule has 1 N–H and O–H groups in total. The van der Waals surface area contributed by atoms with Crippen LogP contribution in [0.2, 0.25) is 0 Å². The Morgan fingerprint density at radius 3 is 3.04 bits per heavy atom. The van der Waals surface area contributed by atoms with E-state index in [9.17, 15) is 14.7 Å². The van der Waals surface area contributed by atoms with Crippen LogP contribution in [0.4, 0.5) is 0 Å². The first-order chi connectivity index (χ1) is 11.6. The second-order valence-corrected chi connectivity index (χ2v) is 6.10. The number of carbonyl (C=O) groups excluding carboxylic acids is 1. The van der Waals surface area contributed by atoms with Crippen LogP contribution in [-0.2, 0) is 16.1 Å². The molecular formula is C18H21NO5. The molecule has 128 valence electrons. The van der Waals surface area contributed by atoms with Crippen molar-refractivity contribution in [1.82, 2.24) is 4.90 Å². The van der Waals surface area contributed by atoms with Crippen LogP contribution in [0.15, 0.2) is 33.5 Å². The highest BCUT2D eigenvalue weighted by atomic mass is 16.5. The van der Waals surface area contributed by atoms with Crippen LogP contribution in [-0.4, -0.2) is 35.7 Å². The van der Waals surface area contributed by atoms with Crippen molar-refractivity contribution in [3.63, 3.8) is 0 Å². The van der Waals surface area contributed by atoms with Gasteiger partial charge in [0.05, 0.1) is 12.5 Å². The van der Waals surface area contributed by atoms with E-state index in [4.69, 9.17) is 9.15 Å². The lowest BCUT2D eigenvalue weighted by Gasteiger charge is -2.31. The summed E-state index contributed by atoms with van der Waals surface area (Å²) in [6.07, 6.45) is 1.75. The van der Waals surface area contributed by atoms with Crippen molar-refractivity contribution >= 4 is 16.9 Å². The van der Waals surface area contributed by atoms with E-state index in [2.05, 4.69) is 4.90 Å². The fourth-order valence-electron chi connectivity index (χ4n) is 3.24. The fourth-order valence-corrected chi connectivity index (χ4v) is 3.24. The third-order valence-corrected chi connectivity index (χ3v) is 4.33. The number of benzene rings is 1. The zero-order valence-electron chi connectivity index (χ0n) is 13.7. The maximum absolute atomic E-state index is 12.0. The molecule has 6 heteroatoms. The number of likely N-dealkylation sites (tertiary alicyclic amines) is 1. The molecular weight excluding hydrogens is 310 g/mol. The van der Waals surface area contributed by atoms with Gasteiger partial charge in [0.1, 0.15) is 11.3 Å². The number of esters is 1. The van der Waals surface area contributed by atoms with Crippen LogP contribution in [0.1, 0.15) is 25.3 Å². The Hall–Kier alpha value is -2.34. The first-order valence-electron chi connectivity index (χ1n) is 8.21. The minimum absolute atomic E-state index is 0.0585. The number of hydrogen-bond acceptors (Lipinski definition) is 6. The SMILES string of the molecule is CCOC(=O)[C@H]1CCCN(Cc2cc(=O)oc3cc(O)ccc23)C1. The molecule has 6 nitrogen and oxygen atoms in total. The Bertz CT molecular complexity index is 798. The second-order valence-electron chi connectivity index (χ2n) is 6.10. The molecule has 0 saturated carbocycles. The fraction of sp³-hybridized carbons (Fsp3) is 0.444. The predicted molar refractivity (Wildman–Crippen MR) is 88.8 cm³/mol.